The second-order valence-corrected chi connectivity index (χ2v) is 15.3. The summed E-state index contributed by atoms with van der Waals surface area (Å²) in [6, 6.07) is 41.5. The number of aryl methyl sites for hydroxylation is 2. The molecule has 8 heteroatoms. The summed E-state index contributed by atoms with van der Waals surface area (Å²) in [4.78, 5) is 14.8. The number of fused-ring (bicyclic) bond motifs is 1. The van der Waals surface area contributed by atoms with E-state index in [0.717, 1.165) is 55.2 Å². The highest BCUT2D eigenvalue weighted by Gasteiger charge is 2.46. The zero-order valence-electron chi connectivity index (χ0n) is 30.0. The number of carbonyl (C=O) groups excluding carboxylic acids is 1. The first kappa shape index (κ1) is 36.9. The number of carbonyl (C=O) groups is 1. The molecule has 52 heavy (non-hydrogen) atoms. The molecule has 6 rings (SSSR count). The van der Waals surface area contributed by atoms with Gasteiger partial charge in [0.2, 0.25) is 15.9 Å². The zero-order chi connectivity index (χ0) is 36.3. The first-order chi connectivity index (χ1) is 25.4. The predicted molar refractivity (Wildman–Crippen MR) is 206 cm³/mol. The molecule has 0 saturated carbocycles. The lowest BCUT2D eigenvalue weighted by atomic mass is 9.86. The fraction of sp³-hybridized carbons (Fsp3) is 0.295. The molecule has 0 radical (unpaired) electrons. The van der Waals surface area contributed by atoms with E-state index in [-0.39, 0.29) is 23.3 Å². The molecule has 0 aliphatic carbocycles. The summed E-state index contributed by atoms with van der Waals surface area (Å²) in [5.41, 5.74) is 5.39. The van der Waals surface area contributed by atoms with Crippen molar-refractivity contribution in [1.82, 2.24) is 9.62 Å². The van der Waals surface area contributed by atoms with Gasteiger partial charge in [0.1, 0.15) is 6.04 Å². The standard InChI is InChI=1S/C44H48N2O5S/c1-50-42-29-28-38(32-43(42)51-2)52(48,49)46-40(30-35-20-10-5-11-21-35)39-27-13-12-24-36(39)31-41(46)44(47)45-37(25-14-22-33-16-6-3-7-17-33)26-15-23-34-18-8-4-9-19-34/h3-13,16-21,24,27-29,32,37,40-41H,14-15,22-23,25-26,30-31H2,1-2H3,(H,45,47). The smallest absolute Gasteiger partial charge is 0.244 e. The average Bonchev–Trinajstić information content (AvgIpc) is 3.18. The molecule has 1 N–H and O–H groups in total. The van der Waals surface area contributed by atoms with Crippen molar-refractivity contribution in [1.29, 1.82) is 0 Å². The van der Waals surface area contributed by atoms with Gasteiger partial charge in [-0.05, 0) is 91.3 Å². The van der Waals surface area contributed by atoms with Crippen LogP contribution in [0.5, 0.6) is 11.5 Å². The Kier molecular flexibility index (Phi) is 12.4. The number of benzene rings is 5. The monoisotopic (exact) mass is 716 g/mol. The van der Waals surface area contributed by atoms with Crippen molar-refractivity contribution in [3.8, 4) is 11.5 Å². The van der Waals surface area contributed by atoms with E-state index in [1.54, 1.807) is 6.07 Å². The van der Waals surface area contributed by atoms with Gasteiger partial charge in [0, 0.05) is 12.1 Å². The van der Waals surface area contributed by atoms with Crippen molar-refractivity contribution in [2.24, 2.45) is 0 Å². The van der Waals surface area contributed by atoms with Gasteiger partial charge in [-0.15, -0.1) is 0 Å². The van der Waals surface area contributed by atoms with Crippen LogP contribution >= 0.6 is 0 Å². The Morgan fingerprint density at radius 2 is 1.25 bits per heavy atom. The van der Waals surface area contributed by atoms with Gasteiger partial charge < -0.3 is 14.8 Å². The maximum atomic E-state index is 15.0. The number of nitrogens with zero attached hydrogens (tertiary/aromatic N) is 1. The lowest BCUT2D eigenvalue weighted by molar-refractivity contribution is -0.126. The summed E-state index contributed by atoms with van der Waals surface area (Å²) in [7, 11) is -1.23. The third kappa shape index (κ3) is 8.92. The van der Waals surface area contributed by atoms with Crippen LogP contribution < -0.4 is 14.8 Å². The zero-order valence-corrected chi connectivity index (χ0v) is 30.8. The van der Waals surface area contributed by atoms with Crippen molar-refractivity contribution in [3.05, 3.63) is 161 Å². The third-order valence-corrected chi connectivity index (χ3v) is 11.9. The SMILES string of the molecule is COc1ccc(S(=O)(=O)N2C(C(=O)NC(CCCc3ccccc3)CCCc3ccccc3)Cc3ccccc3C2Cc2ccccc2)cc1OC. The van der Waals surface area contributed by atoms with Crippen LogP contribution in [0.3, 0.4) is 0 Å². The summed E-state index contributed by atoms with van der Waals surface area (Å²) >= 11 is 0. The molecular weight excluding hydrogens is 669 g/mol. The van der Waals surface area contributed by atoms with Gasteiger partial charge >= 0.3 is 0 Å². The fourth-order valence-electron chi connectivity index (χ4n) is 7.36. The number of rotatable bonds is 16. The van der Waals surface area contributed by atoms with E-state index < -0.39 is 22.1 Å². The van der Waals surface area contributed by atoms with E-state index >= 15 is 0 Å². The largest absolute Gasteiger partial charge is 0.493 e. The Morgan fingerprint density at radius 1 is 0.712 bits per heavy atom. The third-order valence-electron chi connectivity index (χ3n) is 10.0. The maximum Gasteiger partial charge on any atom is 0.244 e. The van der Waals surface area contributed by atoms with Crippen molar-refractivity contribution in [2.75, 3.05) is 14.2 Å². The van der Waals surface area contributed by atoms with Crippen LogP contribution in [0.2, 0.25) is 0 Å². The van der Waals surface area contributed by atoms with Gasteiger partial charge in [-0.1, -0.05) is 115 Å². The Bertz CT molecular complexity index is 1960. The summed E-state index contributed by atoms with van der Waals surface area (Å²) in [6.45, 7) is 0. The molecule has 1 amide bonds. The molecule has 1 aliphatic rings. The van der Waals surface area contributed by atoms with Gasteiger partial charge in [-0.25, -0.2) is 8.42 Å². The number of ether oxygens (including phenoxy) is 2. The normalized spacial score (nSPS) is 15.9. The van der Waals surface area contributed by atoms with E-state index in [9.17, 15) is 13.2 Å². The van der Waals surface area contributed by atoms with Crippen molar-refractivity contribution >= 4 is 15.9 Å². The Balaban J connectivity index is 1.34. The summed E-state index contributed by atoms with van der Waals surface area (Å²) in [5.74, 6) is 0.453. The van der Waals surface area contributed by atoms with Crippen LogP contribution in [0.25, 0.3) is 0 Å². The van der Waals surface area contributed by atoms with Gasteiger partial charge in [0.15, 0.2) is 11.5 Å². The molecule has 1 heterocycles. The van der Waals surface area contributed by atoms with E-state index in [2.05, 4.69) is 53.8 Å². The Hall–Kier alpha value is -4.92. The molecule has 2 atom stereocenters. The van der Waals surface area contributed by atoms with E-state index in [1.165, 1.54) is 41.8 Å². The number of nitrogens with one attached hydrogen (secondary N) is 1. The second-order valence-electron chi connectivity index (χ2n) is 13.4. The van der Waals surface area contributed by atoms with Crippen LogP contribution in [0.4, 0.5) is 0 Å². The molecular formula is C44H48N2O5S. The molecule has 2 unspecified atom stereocenters. The van der Waals surface area contributed by atoms with Crippen LogP contribution in [0, 0.1) is 0 Å². The predicted octanol–water partition coefficient (Wildman–Crippen LogP) is 8.13. The van der Waals surface area contributed by atoms with Gasteiger partial charge in [0.05, 0.1) is 25.2 Å². The first-order valence-corrected chi connectivity index (χ1v) is 19.6. The highest BCUT2D eigenvalue weighted by molar-refractivity contribution is 7.89. The summed E-state index contributed by atoms with van der Waals surface area (Å²) < 4.78 is 42.3. The molecule has 5 aromatic rings. The van der Waals surface area contributed by atoms with Gasteiger partial charge in [0.25, 0.3) is 0 Å². The number of hydrogen-bond donors (Lipinski definition) is 1. The fourth-order valence-corrected chi connectivity index (χ4v) is 9.13. The quantitative estimate of drug-likeness (QED) is 0.112. The van der Waals surface area contributed by atoms with E-state index in [1.807, 2.05) is 66.7 Å². The van der Waals surface area contributed by atoms with Crippen LogP contribution in [-0.4, -0.2) is 44.9 Å². The molecule has 0 fully saturated rings. The second kappa shape index (κ2) is 17.5. The number of amides is 1. The minimum absolute atomic E-state index is 0.0441. The molecule has 270 valence electrons. The van der Waals surface area contributed by atoms with Crippen molar-refractivity contribution in [3.63, 3.8) is 0 Å². The molecule has 0 saturated heterocycles. The average molecular weight is 717 g/mol. The van der Waals surface area contributed by atoms with E-state index in [0.29, 0.717) is 17.9 Å². The number of hydrogen-bond acceptors (Lipinski definition) is 5. The Labute approximate surface area is 308 Å². The van der Waals surface area contributed by atoms with E-state index in [4.69, 9.17) is 9.47 Å². The van der Waals surface area contributed by atoms with Gasteiger partial charge in [-0.3, -0.25) is 4.79 Å². The minimum atomic E-state index is -4.23. The van der Waals surface area contributed by atoms with Gasteiger partial charge in [-0.2, -0.15) is 4.31 Å². The van der Waals surface area contributed by atoms with Crippen molar-refractivity contribution < 1.29 is 22.7 Å². The molecule has 7 nitrogen and oxygen atoms in total. The Morgan fingerprint density at radius 3 is 1.83 bits per heavy atom. The molecule has 1 aliphatic heterocycles. The lowest BCUT2D eigenvalue weighted by Crippen LogP contribution is -2.56. The maximum absolute atomic E-state index is 15.0. The van der Waals surface area contributed by atoms with Crippen LogP contribution in [0.15, 0.2) is 138 Å². The van der Waals surface area contributed by atoms with Crippen LogP contribution in [-0.2, 0) is 40.5 Å². The first-order valence-electron chi connectivity index (χ1n) is 18.1. The highest BCUT2D eigenvalue weighted by Crippen LogP contribution is 2.41. The summed E-state index contributed by atoms with van der Waals surface area (Å²) in [6.07, 6.45) is 5.86. The highest BCUT2D eigenvalue weighted by atomic mass is 32.2. The number of methoxy groups -OCH3 is 2. The molecule has 0 aromatic heterocycles. The van der Waals surface area contributed by atoms with Crippen LogP contribution in [0.1, 0.15) is 59.5 Å². The lowest BCUT2D eigenvalue weighted by Gasteiger charge is -2.42. The summed E-state index contributed by atoms with van der Waals surface area (Å²) in [5, 5.41) is 3.38. The molecule has 0 spiro atoms. The van der Waals surface area contributed by atoms with Crippen molar-refractivity contribution in [2.45, 2.75) is 74.4 Å². The molecule has 0 bridgehead atoms. The molecule has 5 aromatic carbocycles. The topological polar surface area (TPSA) is 84.9 Å². The number of sulfonamides is 1. The minimum Gasteiger partial charge on any atom is -0.493 e.